The molecule has 5 heteroatoms. The molecule has 1 unspecified atom stereocenters. The van der Waals surface area contributed by atoms with Crippen LogP contribution < -0.4 is 5.56 Å². The summed E-state index contributed by atoms with van der Waals surface area (Å²) in [6.45, 7) is 11.8. The minimum Gasteiger partial charge on any atom is -0.333 e. The summed E-state index contributed by atoms with van der Waals surface area (Å²) in [5.74, 6) is 1.21. The third-order valence-electron chi connectivity index (χ3n) is 5.56. The van der Waals surface area contributed by atoms with Crippen molar-refractivity contribution in [2.45, 2.75) is 92.2 Å². The first-order valence-electron chi connectivity index (χ1n) is 11.7. The molecule has 0 aliphatic carbocycles. The van der Waals surface area contributed by atoms with Crippen LogP contribution in [0.15, 0.2) is 29.1 Å². The van der Waals surface area contributed by atoms with Gasteiger partial charge in [-0.1, -0.05) is 65.5 Å². The van der Waals surface area contributed by atoms with Gasteiger partial charge in [0.1, 0.15) is 5.82 Å². The molecule has 0 bridgehead atoms. The van der Waals surface area contributed by atoms with E-state index in [0.717, 1.165) is 19.3 Å². The first-order valence-corrected chi connectivity index (χ1v) is 11.7. The first kappa shape index (κ1) is 24.1. The summed E-state index contributed by atoms with van der Waals surface area (Å²) in [6.07, 6.45) is 7.04. The van der Waals surface area contributed by atoms with Crippen LogP contribution in [-0.4, -0.2) is 26.9 Å². The van der Waals surface area contributed by atoms with E-state index in [4.69, 9.17) is 4.98 Å². The highest BCUT2D eigenvalue weighted by atomic mass is 16.2. The molecular formula is C25H39N3O2. The number of hydrogen-bond donors (Lipinski definition) is 0. The summed E-state index contributed by atoms with van der Waals surface area (Å²) < 4.78 is 1.77. The Labute approximate surface area is 181 Å². The van der Waals surface area contributed by atoms with E-state index in [1.165, 1.54) is 19.3 Å². The highest BCUT2D eigenvalue weighted by Crippen LogP contribution is 2.23. The first-order chi connectivity index (χ1) is 14.4. The summed E-state index contributed by atoms with van der Waals surface area (Å²) in [7, 11) is 0. The number of hydrogen-bond acceptors (Lipinski definition) is 3. The molecule has 0 saturated carbocycles. The van der Waals surface area contributed by atoms with Crippen LogP contribution in [0.4, 0.5) is 0 Å². The van der Waals surface area contributed by atoms with Crippen LogP contribution in [0.2, 0.25) is 0 Å². The van der Waals surface area contributed by atoms with E-state index >= 15 is 0 Å². The molecule has 2 aromatic rings. The normalized spacial score (nSPS) is 12.5. The van der Waals surface area contributed by atoms with E-state index < -0.39 is 0 Å². The van der Waals surface area contributed by atoms with E-state index in [0.29, 0.717) is 42.2 Å². The Morgan fingerprint density at radius 1 is 1.03 bits per heavy atom. The zero-order chi connectivity index (χ0) is 22.1. The molecule has 30 heavy (non-hydrogen) atoms. The molecule has 0 saturated heterocycles. The average molecular weight is 414 g/mol. The molecule has 0 aliphatic heterocycles. The summed E-state index contributed by atoms with van der Waals surface area (Å²) in [4.78, 5) is 33.1. The van der Waals surface area contributed by atoms with Crippen molar-refractivity contribution in [3.63, 3.8) is 0 Å². The van der Waals surface area contributed by atoms with Crippen molar-refractivity contribution >= 4 is 16.8 Å². The predicted octanol–water partition coefficient (Wildman–Crippen LogP) is 5.71. The number of para-hydroxylation sites is 1. The average Bonchev–Trinajstić information content (AvgIpc) is 2.73. The van der Waals surface area contributed by atoms with Crippen molar-refractivity contribution in [2.24, 2.45) is 5.92 Å². The van der Waals surface area contributed by atoms with Crippen LogP contribution in [0.25, 0.3) is 10.9 Å². The Kier molecular flexibility index (Phi) is 9.54. The number of nitrogens with zero attached hydrogens (tertiary/aromatic N) is 3. The minimum absolute atomic E-state index is 0.0131. The number of benzene rings is 1. The maximum atomic E-state index is 13.2. The summed E-state index contributed by atoms with van der Waals surface area (Å²) in [5, 5.41) is 0.638. The van der Waals surface area contributed by atoms with Crippen molar-refractivity contribution in [3.05, 3.63) is 40.4 Å². The number of aromatic nitrogens is 2. The molecule has 0 radical (unpaired) electrons. The topological polar surface area (TPSA) is 55.2 Å². The lowest BCUT2D eigenvalue weighted by Crippen LogP contribution is -2.39. The van der Waals surface area contributed by atoms with Gasteiger partial charge in [0.2, 0.25) is 5.91 Å². The maximum Gasteiger partial charge on any atom is 0.261 e. The Hall–Kier alpha value is -2.17. The standard InChI is InChI=1S/C25H39N3O2/c1-6-8-9-10-11-16-23(29)28(18-19(3)4)20(5)24-26-22-15-13-12-14-21(22)25(30)27(24)17-7-2/h12-15,19-20H,6-11,16-18H2,1-5H3. The van der Waals surface area contributed by atoms with Gasteiger partial charge >= 0.3 is 0 Å². The molecule has 1 atom stereocenters. The third-order valence-corrected chi connectivity index (χ3v) is 5.56. The fraction of sp³-hybridized carbons (Fsp3) is 0.640. The van der Waals surface area contributed by atoms with Crippen molar-refractivity contribution in [1.29, 1.82) is 0 Å². The molecule has 1 aromatic heterocycles. The molecule has 0 aliphatic rings. The van der Waals surface area contributed by atoms with Gasteiger partial charge in [-0.25, -0.2) is 4.98 Å². The van der Waals surface area contributed by atoms with E-state index in [1.54, 1.807) is 4.57 Å². The van der Waals surface area contributed by atoms with Gasteiger partial charge in [-0.2, -0.15) is 0 Å². The molecule has 5 nitrogen and oxygen atoms in total. The van der Waals surface area contributed by atoms with Crippen LogP contribution in [0.5, 0.6) is 0 Å². The van der Waals surface area contributed by atoms with Gasteiger partial charge < -0.3 is 4.90 Å². The minimum atomic E-state index is -0.237. The van der Waals surface area contributed by atoms with Crippen LogP contribution in [0, 0.1) is 5.92 Å². The van der Waals surface area contributed by atoms with Gasteiger partial charge in [-0.3, -0.25) is 14.2 Å². The number of amides is 1. The molecule has 0 spiro atoms. The van der Waals surface area contributed by atoms with Gasteiger partial charge in [0.25, 0.3) is 5.56 Å². The van der Waals surface area contributed by atoms with E-state index in [2.05, 4.69) is 27.7 Å². The Morgan fingerprint density at radius 3 is 2.40 bits per heavy atom. The monoisotopic (exact) mass is 413 g/mol. The Balaban J connectivity index is 2.35. The fourth-order valence-corrected chi connectivity index (χ4v) is 3.98. The molecule has 0 fully saturated rings. The maximum absolute atomic E-state index is 13.2. The number of carbonyl (C=O) groups is 1. The van der Waals surface area contributed by atoms with Crippen molar-refractivity contribution < 1.29 is 4.79 Å². The largest absolute Gasteiger partial charge is 0.333 e. The molecule has 1 heterocycles. The number of fused-ring (bicyclic) bond motifs is 1. The molecule has 166 valence electrons. The number of carbonyl (C=O) groups excluding carboxylic acids is 1. The highest BCUT2D eigenvalue weighted by molar-refractivity contribution is 5.78. The van der Waals surface area contributed by atoms with Crippen LogP contribution in [0.3, 0.4) is 0 Å². The van der Waals surface area contributed by atoms with Crippen molar-refractivity contribution in [2.75, 3.05) is 6.54 Å². The zero-order valence-electron chi connectivity index (χ0n) is 19.5. The van der Waals surface area contributed by atoms with Crippen LogP contribution in [-0.2, 0) is 11.3 Å². The molecule has 2 rings (SSSR count). The van der Waals surface area contributed by atoms with Gasteiger partial charge in [-0.05, 0) is 37.8 Å². The Bertz CT molecular complexity index is 872. The fourth-order valence-electron chi connectivity index (χ4n) is 3.98. The second-order valence-corrected chi connectivity index (χ2v) is 8.72. The molecule has 1 aromatic carbocycles. The summed E-state index contributed by atoms with van der Waals surface area (Å²) in [6, 6.07) is 7.25. The lowest BCUT2D eigenvalue weighted by atomic mass is 10.1. The van der Waals surface area contributed by atoms with Gasteiger partial charge in [-0.15, -0.1) is 0 Å². The highest BCUT2D eigenvalue weighted by Gasteiger charge is 2.26. The van der Waals surface area contributed by atoms with E-state index in [-0.39, 0.29) is 17.5 Å². The second kappa shape index (κ2) is 11.9. The SMILES string of the molecule is CCCCCCCC(=O)N(CC(C)C)C(C)c1nc2ccccc2c(=O)n1CCC. The van der Waals surface area contributed by atoms with Crippen molar-refractivity contribution in [3.8, 4) is 0 Å². The predicted molar refractivity (Wildman–Crippen MR) is 125 cm³/mol. The summed E-state index contributed by atoms with van der Waals surface area (Å²) >= 11 is 0. The van der Waals surface area contributed by atoms with Crippen molar-refractivity contribution in [1.82, 2.24) is 14.5 Å². The van der Waals surface area contributed by atoms with Gasteiger partial charge in [0.05, 0.1) is 16.9 Å². The van der Waals surface area contributed by atoms with Crippen LogP contribution in [0.1, 0.15) is 91.4 Å². The van der Waals surface area contributed by atoms with E-state index in [9.17, 15) is 9.59 Å². The Morgan fingerprint density at radius 2 is 1.73 bits per heavy atom. The van der Waals surface area contributed by atoms with Gasteiger partial charge in [0.15, 0.2) is 0 Å². The lowest BCUT2D eigenvalue weighted by molar-refractivity contribution is -0.134. The van der Waals surface area contributed by atoms with E-state index in [1.807, 2.05) is 36.1 Å². The zero-order valence-corrected chi connectivity index (χ0v) is 19.5. The number of rotatable bonds is 12. The molecule has 0 N–H and O–H groups in total. The second-order valence-electron chi connectivity index (χ2n) is 8.72. The quantitative estimate of drug-likeness (QED) is 0.419. The smallest absolute Gasteiger partial charge is 0.261 e. The molecule has 1 amide bonds. The number of unbranched alkanes of at least 4 members (excludes halogenated alkanes) is 4. The van der Waals surface area contributed by atoms with Crippen LogP contribution >= 0.6 is 0 Å². The third kappa shape index (κ3) is 6.16. The molecular weight excluding hydrogens is 374 g/mol. The lowest BCUT2D eigenvalue weighted by Gasteiger charge is -2.32. The summed E-state index contributed by atoms with van der Waals surface area (Å²) in [5.41, 5.74) is 0.689. The van der Waals surface area contributed by atoms with Gasteiger partial charge in [0, 0.05) is 19.5 Å².